The molecule has 0 saturated heterocycles. The van der Waals surface area contributed by atoms with Gasteiger partial charge in [-0.15, -0.1) is 0 Å². The maximum absolute atomic E-state index is 13.1. The van der Waals surface area contributed by atoms with Crippen molar-refractivity contribution < 1.29 is 23.6 Å². The number of nitrogens with zero attached hydrogens (tertiary/aromatic N) is 1. The molecule has 25 heavy (non-hydrogen) atoms. The number of hydrogen-bond acceptors (Lipinski definition) is 4. The Balaban J connectivity index is 1.84. The van der Waals surface area contributed by atoms with Crippen molar-refractivity contribution >= 4 is 17.8 Å². The van der Waals surface area contributed by atoms with E-state index in [1.165, 1.54) is 36.4 Å². The molecule has 0 aliphatic carbocycles. The number of fused-ring (bicyclic) bond motifs is 1. The van der Waals surface area contributed by atoms with Crippen molar-refractivity contribution in [2.75, 3.05) is 0 Å². The minimum Gasteiger partial charge on any atom is -0.329 e. The molecule has 2 aromatic rings. The maximum Gasteiger partial charge on any atom is 0.340 e. The van der Waals surface area contributed by atoms with Gasteiger partial charge in [0, 0.05) is 0 Å². The van der Waals surface area contributed by atoms with E-state index in [1.807, 2.05) is 0 Å². The van der Waals surface area contributed by atoms with Gasteiger partial charge in [-0.3, -0.25) is 9.59 Å². The van der Waals surface area contributed by atoms with Gasteiger partial charge >= 0.3 is 5.97 Å². The van der Waals surface area contributed by atoms with E-state index in [-0.39, 0.29) is 17.0 Å². The van der Waals surface area contributed by atoms with Gasteiger partial charge in [0.05, 0.1) is 17.0 Å². The third-order valence-corrected chi connectivity index (χ3v) is 4.09. The number of imide groups is 1. The Hall–Kier alpha value is -3.02. The van der Waals surface area contributed by atoms with Crippen LogP contribution < -0.4 is 0 Å². The minimum absolute atomic E-state index is 0.173. The summed E-state index contributed by atoms with van der Waals surface area (Å²) in [6.07, 6.45) is 0. The summed E-state index contributed by atoms with van der Waals surface area (Å²) in [6.45, 7) is 3.61. The van der Waals surface area contributed by atoms with Crippen LogP contribution >= 0.6 is 0 Å². The van der Waals surface area contributed by atoms with E-state index in [0.29, 0.717) is 10.6 Å². The number of rotatable bonds is 4. The van der Waals surface area contributed by atoms with Crippen LogP contribution in [0.15, 0.2) is 48.5 Å². The first-order valence-electron chi connectivity index (χ1n) is 7.85. The molecule has 1 heterocycles. The molecule has 3 rings (SSSR count). The van der Waals surface area contributed by atoms with E-state index < -0.39 is 29.5 Å². The third-order valence-electron chi connectivity index (χ3n) is 4.09. The Morgan fingerprint density at radius 1 is 0.960 bits per heavy atom. The van der Waals surface area contributed by atoms with Crippen LogP contribution in [0.3, 0.4) is 0 Å². The first-order valence-corrected chi connectivity index (χ1v) is 7.85. The van der Waals surface area contributed by atoms with Crippen LogP contribution in [0.1, 0.15) is 46.0 Å². The summed E-state index contributed by atoms with van der Waals surface area (Å²) in [5, 5.41) is 0.492. The van der Waals surface area contributed by atoms with Crippen LogP contribution in [-0.2, 0) is 9.63 Å². The quantitative estimate of drug-likeness (QED) is 0.800. The summed E-state index contributed by atoms with van der Waals surface area (Å²) in [5.41, 5.74) is 0.948. The molecule has 0 N–H and O–H groups in total. The van der Waals surface area contributed by atoms with Gasteiger partial charge in [0.1, 0.15) is 5.82 Å². The third kappa shape index (κ3) is 3.03. The largest absolute Gasteiger partial charge is 0.340 e. The Kier molecular flexibility index (Phi) is 4.35. The highest BCUT2D eigenvalue weighted by molar-refractivity contribution is 6.20. The SMILES string of the molecule is CC(C)C(C(=O)ON1C(=O)c2ccccc2C1=O)c1ccc(F)cc1. The average molecular weight is 341 g/mol. The van der Waals surface area contributed by atoms with Crippen LogP contribution in [-0.4, -0.2) is 22.8 Å². The molecule has 1 unspecified atom stereocenters. The van der Waals surface area contributed by atoms with Crippen LogP contribution in [0.2, 0.25) is 0 Å². The van der Waals surface area contributed by atoms with Gasteiger partial charge in [0.2, 0.25) is 0 Å². The van der Waals surface area contributed by atoms with E-state index in [0.717, 1.165) is 0 Å². The lowest BCUT2D eigenvalue weighted by Gasteiger charge is -2.22. The van der Waals surface area contributed by atoms with Crippen molar-refractivity contribution in [1.29, 1.82) is 0 Å². The highest BCUT2D eigenvalue weighted by atomic mass is 19.1. The second-order valence-corrected chi connectivity index (χ2v) is 6.13. The molecule has 2 amide bonds. The molecule has 0 aromatic heterocycles. The van der Waals surface area contributed by atoms with Crippen molar-refractivity contribution in [3.63, 3.8) is 0 Å². The van der Waals surface area contributed by atoms with Crippen LogP contribution in [0, 0.1) is 11.7 Å². The molecule has 0 saturated carbocycles. The summed E-state index contributed by atoms with van der Waals surface area (Å²) in [4.78, 5) is 42.3. The number of benzene rings is 2. The first kappa shape index (κ1) is 16.8. The fourth-order valence-electron chi connectivity index (χ4n) is 2.86. The smallest absolute Gasteiger partial charge is 0.329 e. The lowest BCUT2D eigenvalue weighted by Crippen LogP contribution is -2.35. The highest BCUT2D eigenvalue weighted by Gasteiger charge is 2.40. The van der Waals surface area contributed by atoms with Gasteiger partial charge in [-0.1, -0.05) is 43.2 Å². The molecule has 1 atom stereocenters. The van der Waals surface area contributed by atoms with Crippen molar-refractivity contribution in [3.8, 4) is 0 Å². The van der Waals surface area contributed by atoms with Crippen LogP contribution in [0.5, 0.6) is 0 Å². The highest BCUT2D eigenvalue weighted by Crippen LogP contribution is 2.29. The molecule has 1 aliphatic heterocycles. The fourth-order valence-corrected chi connectivity index (χ4v) is 2.86. The second kappa shape index (κ2) is 6.47. The minimum atomic E-state index is -0.740. The summed E-state index contributed by atoms with van der Waals surface area (Å²) in [5.74, 6) is -3.40. The van der Waals surface area contributed by atoms with E-state index in [9.17, 15) is 18.8 Å². The summed E-state index contributed by atoms with van der Waals surface area (Å²) >= 11 is 0. The number of carbonyl (C=O) groups excluding carboxylic acids is 3. The van der Waals surface area contributed by atoms with Crippen molar-refractivity contribution in [2.24, 2.45) is 5.92 Å². The van der Waals surface area contributed by atoms with Gasteiger partial charge in [0.25, 0.3) is 11.8 Å². The molecule has 1 aliphatic rings. The Morgan fingerprint density at radius 3 is 1.96 bits per heavy atom. The van der Waals surface area contributed by atoms with Gasteiger partial charge in [-0.25, -0.2) is 9.18 Å². The molecule has 0 bridgehead atoms. The molecule has 128 valence electrons. The zero-order chi connectivity index (χ0) is 18.1. The molecule has 0 fully saturated rings. The van der Waals surface area contributed by atoms with E-state index in [4.69, 9.17) is 4.84 Å². The Bertz CT molecular complexity index is 810. The zero-order valence-corrected chi connectivity index (χ0v) is 13.7. The summed E-state index contributed by atoms with van der Waals surface area (Å²) in [7, 11) is 0. The van der Waals surface area contributed by atoms with Crippen molar-refractivity contribution in [1.82, 2.24) is 5.06 Å². The molecule has 5 nitrogen and oxygen atoms in total. The Labute approximate surface area is 144 Å². The van der Waals surface area contributed by atoms with E-state index in [2.05, 4.69) is 0 Å². The molecular weight excluding hydrogens is 325 g/mol. The van der Waals surface area contributed by atoms with Gasteiger partial charge in [-0.05, 0) is 35.7 Å². The topological polar surface area (TPSA) is 63.7 Å². The summed E-state index contributed by atoms with van der Waals surface area (Å²) in [6, 6.07) is 11.7. The Morgan fingerprint density at radius 2 is 1.48 bits per heavy atom. The number of halogens is 1. The standard InChI is InChI=1S/C19H16FNO4/c1-11(2)16(12-7-9-13(20)10-8-12)19(24)25-21-17(22)14-5-3-4-6-15(14)18(21)23/h3-11,16H,1-2H3. The number of hydrogen-bond donors (Lipinski definition) is 0. The number of hydroxylamine groups is 2. The normalized spacial score (nSPS) is 14.6. The molecular formula is C19H16FNO4. The predicted molar refractivity (Wildman–Crippen MR) is 87.0 cm³/mol. The van der Waals surface area contributed by atoms with Crippen molar-refractivity contribution in [2.45, 2.75) is 19.8 Å². The molecule has 0 radical (unpaired) electrons. The van der Waals surface area contributed by atoms with Crippen LogP contribution in [0.4, 0.5) is 4.39 Å². The first-order chi connectivity index (χ1) is 11.9. The van der Waals surface area contributed by atoms with E-state index in [1.54, 1.807) is 26.0 Å². The molecule has 6 heteroatoms. The number of amides is 2. The van der Waals surface area contributed by atoms with Gasteiger partial charge in [0.15, 0.2) is 0 Å². The van der Waals surface area contributed by atoms with Gasteiger partial charge in [-0.2, -0.15) is 0 Å². The lowest BCUT2D eigenvalue weighted by atomic mass is 9.88. The lowest BCUT2D eigenvalue weighted by molar-refractivity contribution is -0.171. The zero-order valence-electron chi connectivity index (χ0n) is 13.7. The van der Waals surface area contributed by atoms with Gasteiger partial charge < -0.3 is 4.84 Å². The number of carbonyl (C=O) groups is 3. The van der Waals surface area contributed by atoms with Crippen molar-refractivity contribution in [3.05, 3.63) is 71.0 Å². The molecule has 2 aromatic carbocycles. The second-order valence-electron chi connectivity index (χ2n) is 6.13. The van der Waals surface area contributed by atoms with Crippen LogP contribution in [0.25, 0.3) is 0 Å². The molecule has 0 spiro atoms. The summed E-state index contributed by atoms with van der Waals surface area (Å²) < 4.78 is 13.1. The fraction of sp³-hybridized carbons (Fsp3) is 0.211. The average Bonchev–Trinajstić information content (AvgIpc) is 2.82. The van der Waals surface area contributed by atoms with E-state index >= 15 is 0 Å². The predicted octanol–water partition coefficient (Wildman–Crippen LogP) is 3.32. The monoisotopic (exact) mass is 341 g/mol. The maximum atomic E-state index is 13.1.